The summed E-state index contributed by atoms with van der Waals surface area (Å²) in [4.78, 5) is 12.8. The van der Waals surface area contributed by atoms with Crippen LogP contribution in [0.1, 0.15) is 6.92 Å². The SMILES string of the molecule is CCOc1ccc(SCC(=O)Nc2cc(F)c(OC)c(F)c2)cc1. The number of benzene rings is 2. The van der Waals surface area contributed by atoms with Crippen molar-refractivity contribution in [1.29, 1.82) is 0 Å². The highest BCUT2D eigenvalue weighted by atomic mass is 32.2. The summed E-state index contributed by atoms with van der Waals surface area (Å²) in [5.74, 6) is -1.70. The summed E-state index contributed by atoms with van der Waals surface area (Å²) in [6.07, 6.45) is 0. The first kappa shape index (κ1) is 18.1. The number of anilines is 1. The van der Waals surface area contributed by atoms with Crippen LogP contribution in [0, 0.1) is 11.6 Å². The molecule has 128 valence electrons. The van der Waals surface area contributed by atoms with Gasteiger partial charge in [-0.15, -0.1) is 11.8 Å². The quantitative estimate of drug-likeness (QED) is 0.761. The second kappa shape index (κ2) is 8.54. The van der Waals surface area contributed by atoms with E-state index in [9.17, 15) is 13.6 Å². The summed E-state index contributed by atoms with van der Waals surface area (Å²) in [5, 5.41) is 2.46. The lowest BCUT2D eigenvalue weighted by Gasteiger charge is -2.09. The Morgan fingerprint density at radius 1 is 1.17 bits per heavy atom. The van der Waals surface area contributed by atoms with E-state index in [0.717, 1.165) is 22.8 Å². The van der Waals surface area contributed by atoms with Gasteiger partial charge >= 0.3 is 0 Å². The van der Waals surface area contributed by atoms with Gasteiger partial charge < -0.3 is 14.8 Å². The van der Waals surface area contributed by atoms with Crippen LogP contribution < -0.4 is 14.8 Å². The summed E-state index contributed by atoms with van der Waals surface area (Å²) in [7, 11) is 1.17. The number of nitrogens with one attached hydrogen (secondary N) is 1. The molecule has 0 spiro atoms. The van der Waals surface area contributed by atoms with Gasteiger partial charge in [-0.05, 0) is 31.2 Å². The van der Waals surface area contributed by atoms with Gasteiger partial charge in [-0.3, -0.25) is 4.79 Å². The van der Waals surface area contributed by atoms with Crippen molar-refractivity contribution in [3.63, 3.8) is 0 Å². The lowest BCUT2D eigenvalue weighted by molar-refractivity contribution is -0.113. The van der Waals surface area contributed by atoms with Crippen molar-refractivity contribution in [2.24, 2.45) is 0 Å². The van der Waals surface area contributed by atoms with Crippen LogP contribution in [0.25, 0.3) is 0 Å². The highest BCUT2D eigenvalue weighted by Gasteiger charge is 2.13. The minimum absolute atomic E-state index is 0.0445. The van der Waals surface area contributed by atoms with Gasteiger partial charge in [0.1, 0.15) is 5.75 Å². The van der Waals surface area contributed by atoms with Crippen LogP contribution >= 0.6 is 11.8 Å². The molecule has 2 aromatic rings. The molecule has 0 saturated heterocycles. The molecule has 7 heteroatoms. The third-order valence-electron chi connectivity index (χ3n) is 2.99. The standard InChI is InChI=1S/C17H17F2NO3S/c1-3-23-12-4-6-13(7-5-12)24-10-16(21)20-11-8-14(18)17(22-2)15(19)9-11/h4-9H,3,10H2,1-2H3,(H,20,21). The van der Waals surface area contributed by atoms with E-state index in [2.05, 4.69) is 10.1 Å². The van der Waals surface area contributed by atoms with Crippen LogP contribution in [0.5, 0.6) is 11.5 Å². The van der Waals surface area contributed by atoms with Crippen molar-refractivity contribution in [3.8, 4) is 11.5 Å². The van der Waals surface area contributed by atoms with Crippen LogP contribution in [-0.4, -0.2) is 25.4 Å². The topological polar surface area (TPSA) is 47.6 Å². The maximum atomic E-state index is 13.6. The van der Waals surface area contributed by atoms with E-state index in [0.29, 0.717) is 6.61 Å². The number of halogens is 2. The molecule has 1 amide bonds. The fraction of sp³-hybridized carbons (Fsp3) is 0.235. The van der Waals surface area contributed by atoms with E-state index in [-0.39, 0.29) is 17.3 Å². The second-order valence-electron chi connectivity index (χ2n) is 4.71. The lowest BCUT2D eigenvalue weighted by atomic mass is 10.2. The predicted molar refractivity (Wildman–Crippen MR) is 89.9 cm³/mol. The number of carbonyl (C=O) groups is 1. The number of carbonyl (C=O) groups excluding carboxylic acids is 1. The van der Waals surface area contributed by atoms with Crippen LogP contribution in [-0.2, 0) is 4.79 Å². The molecule has 0 aliphatic carbocycles. The number of hydrogen-bond donors (Lipinski definition) is 1. The van der Waals surface area contributed by atoms with Gasteiger partial charge in [0.25, 0.3) is 0 Å². The third-order valence-corrected chi connectivity index (χ3v) is 4.00. The van der Waals surface area contributed by atoms with Gasteiger partial charge in [0.2, 0.25) is 5.91 Å². The number of thioether (sulfide) groups is 1. The Hall–Kier alpha value is -2.28. The van der Waals surface area contributed by atoms with E-state index >= 15 is 0 Å². The zero-order valence-electron chi connectivity index (χ0n) is 13.3. The molecule has 0 heterocycles. The molecule has 0 saturated carbocycles. The smallest absolute Gasteiger partial charge is 0.234 e. The Balaban J connectivity index is 1.91. The molecule has 0 unspecified atom stereocenters. The van der Waals surface area contributed by atoms with Crippen LogP contribution in [0.15, 0.2) is 41.3 Å². The lowest BCUT2D eigenvalue weighted by Crippen LogP contribution is -2.14. The third kappa shape index (κ3) is 4.86. The molecule has 1 N–H and O–H groups in total. The molecule has 2 rings (SSSR count). The van der Waals surface area contributed by atoms with Gasteiger partial charge in [0, 0.05) is 22.7 Å². The van der Waals surface area contributed by atoms with Crippen molar-refractivity contribution < 1.29 is 23.0 Å². The molecule has 0 aliphatic rings. The molecule has 2 aromatic carbocycles. The van der Waals surface area contributed by atoms with E-state index in [1.165, 1.54) is 18.9 Å². The van der Waals surface area contributed by atoms with Gasteiger partial charge in [0.05, 0.1) is 19.5 Å². The highest BCUT2D eigenvalue weighted by molar-refractivity contribution is 8.00. The summed E-state index contributed by atoms with van der Waals surface area (Å²) in [6.45, 7) is 2.49. The van der Waals surface area contributed by atoms with Gasteiger partial charge in [0.15, 0.2) is 17.4 Å². The number of ether oxygens (including phenoxy) is 2. The Kier molecular flexibility index (Phi) is 6.43. The highest BCUT2D eigenvalue weighted by Crippen LogP contribution is 2.26. The minimum atomic E-state index is -0.869. The first-order chi connectivity index (χ1) is 11.5. The number of amides is 1. The maximum absolute atomic E-state index is 13.6. The fourth-order valence-corrected chi connectivity index (χ4v) is 2.67. The van der Waals surface area contributed by atoms with Gasteiger partial charge in [-0.2, -0.15) is 0 Å². The number of hydrogen-bond acceptors (Lipinski definition) is 4. The summed E-state index contributed by atoms with van der Waals surface area (Å²) < 4.78 is 37.1. The Morgan fingerprint density at radius 3 is 2.33 bits per heavy atom. The monoisotopic (exact) mass is 353 g/mol. The van der Waals surface area contributed by atoms with Crippen molar-refractivity contribution in [3.05, 3.63) is 48.0 Å². The molecule has 4 nitrogen and oxygen atoms in total. The molecule has 0 aromatic heterocycles. The average molecular weight is 353 g/mol. The molecule has 24 heavy (non-hydrogen) atoms. The van der Waals surface area contributed by atoms with Crippen molar-refractivity contribution in [1.82, 2.24) is 0 Å². The first-order valence-corrected chi connectivity index (χ1v) is 8.20. The normalized spacial score (nSPS) is 10.3. The van der Waals surface area contributed by atoms with E-state index in [1.807, 2.05) is 31.2 Å². The summed E-state index contributed by atoms with van der Waals surface area (Å²) >= 11 is 1.31. The average Bonchev–Trinajstić information content (AvgIpc) is 2.54. The Morgan fingerprint density at radius 2 is 1.79 bits per heavy atom. The largest absolute Gasteiger partial charge is 0.494 e. The number of methoxy groups -OCH3 is 1. The van der Waals surface area contributed by atoms with Crippen LogP contribution in [0.2, 0.25) is 0 Å². The zero-order valence-corrected chi connectivity index (χ0v) is 14.1. The summed E-state index contributed by atoms with van der Waals surface area (Å²) in [6, 6.07) is 9.35. The molecule has 0 aliphatic heterocycles. The Bertz CT molecular complexity index is 684. The first-order valence-electron chi connectivity index (χ1n) is 7.22. The van der Waals surface area contributed by atoms with E-state index in [1.54, 1.807) is 0 Å². The molecule has 0 fully saturated rings. The molecule has 0 bridgehead atoms. The molecular formula is C17H17F2NO3S. The van der Waals surface area contributed by atoms with Crippen LogP contribution in [0.3, 0.4) is 0 Å². The molecule has 0 atom stereocenters. The van der Waals surface area contributed by atoms with Crippen molar-refractivity contribution >= 4 is 23.4 Å². The minimum Gasteiger partial charge on any atom is -0.494 e. The summed E-state index contributed by atoms with van der Waals surface area (Å²) in [5.41, 5.74) is 0.0445. The van der Waals surface area contributed by atoms with E-state index < -0.39 is 17.4 Å². The van der Waals surface area contributed by atoms with Crippen LogP contribution in [0.4, 0.5) is 14.5 Å². The zero-order chi connectivity index (χ0) is 17.5. The van der Waals surface area contributed by atoms with E-state index in [4.69, 9.17) is 4.74 Å². The second-order valence-corrected chi connectivity index (χ2v) is 5.76. The Labute approximate surface area is 143 Å². The maximum Gasteiger partial charge on any atom is 0.234 e. The molecular weight excluding hydrogens is 336 g/mol. The molecule has 0 radical (unpaired) electrons. The van der Waals surface area contributed by atoms with Crippen molar-refractivity contribution in [2.45, 2.75) is 11.8 Å². The number of rotatable bonds is 7. The fourth-order valence-electron chi connectivity index (χ4n) is 1.97. The van der Waals surface area contributed by atoms with Gasteiger partial charge in [-0.25, -0.2) is 8.78 Å². The predicted octanol–water partition coefficient (Wildman–Crippen LogP) is 4.10. The van der Waals surface area contributed by atoms with Gasteiger partial charge in [-0.1, -0.05) is 0 Å². The van der Waals surface area contributed by atoms with Crippen molar-refractivity contribution in [2.75, 3.05) is 24.8 Å².